The van der Waals surface area contributed by atoms with Crippen LogP contribution < -0.4 is 0 Å². The lowest BCUT2D eigenvalue weighted by atomic mass is 10.1. The van der Waals surface area contributed by atoms with Crippen LogP contribution in [0.15, 0.2) is 146 Å². The molecule has 6 heteroatoms. The predicted molar refractivity (Wildman–Crippen MR) is 191 cm³/mol. The third-order valence-corrected chi connectivity index (χ3v) is 9.02. The molecule has 3 heterocycles. The minimum atomic E-state index is 0.534. The van der Waals surface area contributed by atoms with Crippen LogP contribution >= 0.6 is 0 Å². The lowest BCUT2D eigenvalue weighted by Crippen LogP contribution is -2.04. The fourth-order valence-corrected chi connectivity index (χ4v) is 6.83. The van der Waals surface area contributed by atoms with Crippen molar-refractivity contribution in [2.75, 3.05) is 0 Å². The molecule has 6 nitrogen and oxygen atoms in total. The minimum absolute atomic E-state index is 0.534. The van der Waals surface area contributed by atoms with Gasteiger partial charge in [0.1, 0.15) is 0 Å². The molecule has 0 unspecified atom stereocenters. The predicted octanol–water partition coefficient (Wildman–Crippen LogP) is 9.75. The maximum Gasteiger partial charge on any atom is 0.235 e. The Balaban J connectivity index is 1.42. The summed E-state index contributed by atoms with van der Waals surface area (Å²) in [6.07, 6.45) is 0. The van der Waals surface area contributed by atoms with Crippen LogP contribution in [0.5, 0.6) is 0 Å². The van der Waals surface area contributed by atoms with Crippen LogP contribution in [0, 0.1) is 22.7 Å². The largest absolute Gasteiger partial charge is 0.309 e. The molecule has 0 fully saturated rings. The zero-order valence-corrected chi connectivity index (χ0v) is 25.5. The molecule has 0 saturated heterocycles. The minimum Gasteiger partial charge on any atom is -0.309 e. The molecule has 0 atom stereocenters. The van der Waals surface area contributed by atoms with Crippen LogP contribution in [0.25, 0.3) is 77.8 Å². The first kappa shape index (κ1) is 27.3. The number of fused-ring (bicyclic) bond motifs is 7. The van der Waals surface area contributed by atoms with Crippen LogP contribution in [0.4, 0.5) is 0 Å². The van der Waals surface area contributed by atoms with Crippen LogP contribution in [-0.2, 0) is 0 Å². The van der Waals surface area contributed by atoms with Crippen LogP contribution in [0.3, 0.4) is 0 Å². The van der Waals surface area contributed by atoms with Gasteiger partial charge in [0, 0.05) is 38.4 Å². The van der Waals surface area contributed by atoms with Crippen molar-refractivity contribution in [3.63, 3.8) is 0 Å². The lowest BCUT2D eigenvalue weighted by molar-refractivity contribution is 0.998. The van der Waals surface area contributed by atoms with E-state index in [0.29, 0.717) is 17.1 Å². The first-order valence-corrected chi connectivity index (χ1v) is 15.6. The van der Waals surface area contributed by atoms with E-state index in [9.17, 15) is 10.5 Å². The molecule has 222 valence electrons. The van der Waals surface area contributed by atoms with Gasteiger partial charge in [-0.25, -0.2) is 9.97 Å². The Bertz CT molecular complexity index is 2700. The Morgan fingerprint density at radius 2 is 1.00 bits per heavy atom. The average Bonchev–Trinajstić information content (AvgIpc) is 3.68. The standard InChI is InChI=1S/C42H24N6/c43-25-27-14-18-29(19-15-27)35-24-36(30-20-16-28(26-44)17-21-30)46-42(45-35)48-37-12-6-4-10-32(37)33-22-23-39-40(41(33)48)34-11-5-7-13-38(34)47(39)31-8-2-1-3-9-31/h1-24H. The van der Waals surface area contributed by atoms with Crippen LogP contribution in [0.1, 0.15) is 11.1 Å². The normalized spacial score (nSPS) is 11.3. The summed E-state index contributed by atoms with van der Waals surface area (Å²) in [7, 11) is 0. The van der Waals surface area contributed by atoms with Gasteiger partial charge in [-0.15, -0.1) is 0 Å². The summed E-state index contributed by atoms with van der Waals surface area (Å²) >= 11 is 0. The highest BCUT2D eigenvalue weighted by Crippen LogP contribution is 2.42. The topological polar surface area (TPSA) is 83.2 Å². The van der Waals surface area contributed by atoms with Crippen molar-refractivity contribution in [2.45, 2.75) is 0 Å². The number of nitrogens with zero attached hydrogens (tertiary/aromatic N) is 6. The Hall–Kier alpha value is -7.02. The molecule has 0 aliphatic rings. The molecule has 3 aromatic heterocycles. The number of para-hydroxylation sites is 3. The lowest BCUT2D eigenvalue weighted by Gasteiger charge is -2.12. The van der Waals surface area contributed by atoms with Crippen molar-refractivity contribution in [1.82, 2.24) is 19.1 Å². The highest BCUT2D eigenvalue weighted by molar-refractivity contribution is 6.26. The fourth-order valence-electron chi connectivity index (χ4n) is 6.83. The first-order valence-electron chi connectivity index (χ1n) is 15.6. The number of aromatic nitrogens is 4. The summed E-state index contributed by atoms with van der Waals surface area (Å²) in [6, 6.07) is 53.1. The average molecular weight is 613 g/mol. The van der Waals surface area contributed by atoms with E-state index >= 15 is 0 Å². The van der Waals surface area contributed by atoms with E-state index in [0.717, 1.165) is 71.8 Å². The third-order valence-electron chi connectivity index (χ3n) is 9.02. The quantitative estimate of drug-likeness (QED) is 0.198. The van der Waals surface area contributed by atoms with Gasteiger partial charge in [0.05, 0.1) is 56.7 Å². The fraction of sp³-hybridized carbons (Fsp3) is 0. The van der Waals surface area contributed by atoms with Crippen molar-refractivity contribution >= 4 is 43.6 Å². The van der Waals surface area contributed by atoms with Crippen molar-refractivity contribution in [3.05, 3.63) is 157 Å². The van der Waals surface area contributed by atoms with Crippen molar-refractivity contribution in [1.29, 1.82) is 10.5 Å². The Morgan fingerprint density at radius 1 is 0.458 bits per heavy atom. The third kappa shape index (κ3) is 4.18. The second kappa shape index (κ2) is 10.8. The maximum absolute atomic E-state index is 9.44. The summed E-state index contributed by atoms with van der Waals surface area (Å²) in [6.45, 7) is 0. The molecule has 0 aliphatic carbocycles. The summed E-state index contributed by atoms with van der Waals surface area (Å²) in [4.78, 5) is 10.4. The monoisotopic (exact) mass is 612 g/mol. The SMILES string of the molecule is N#Cc1ccc(-c2cc(-c3ccc(C#N)cc3)nc(-n3c4ccccc4c4ccc5c(c6ccccc6n5-c5ccccc5)c43)n2)cc1. The van der Waals surface area contributed by atoms with Crippen molar-refractivity contribution < 1.29 is 0 Å². The molecule has 0 bridgehead atoms. The summed E-state index contributed by atoms with van der Waals surface area (Å²) < 4.78 is 4.51. The van der Waals surface area contributed by atoms with Gasteiger partial charge in [0.15, 0.2) is 0 Å². The molecule has 0 spiro atoms. The van der Waals surface area contributed by atoms with E-state index < -0.39 is 0 Å². The number of hydrogen-bond acceptors (Lipinski definition) is 4. The van der Waals surface area contributed by atoms with E-state index in [1.165, 1.54) is 0 Å². The molecule has 48 heavy (non-hydrogen) atoms. The first-order chi connectivity index (χ1) is 23.7. The Labute approximate surface area is 275 Å². The molecule has 0 radical (unpaired) electrons. The number of benzene rings is 6. The van der Waals surface area contributed by atoms with E-state index in [2.05, 4.69) is 100 Å². The van der Waals surface area contributed by atoms with Gasteiger partial charge in [0.2, 0.25) is 5.95 Å². The van der Waals surface area contributed by atoms with E-state index in [1.54, 1.807) is 24.3 Å². The zero-order chi connectivity index (χ0) is 32.2. The molecule has 6 aromatic carbocycles. The van der Waals surface area contributed by atoms with Crippen molar-refractivity contribution in [2.24, 2.45) is 0 Å². The van der Waals surface area contributed by atoms with E-state index in [-0.39, 0.29) is 0 Å². The van der Waals surface area contributed by atoms with Crippen LogP contribution in [-0.4, -0.2) is 19.1 Å². The zero-order valence-electron chi connectivity index (χ0n) is 25.5. The molecule has 0 amide bonds. The van der Waals surface area contributed by atoms with E-state index in [4.69, 9.17) is 9.97 Å². The van der Waals surface area contributed by atoms with Crippen molar-refractivity contribution in [3.8, 4) is 46.3 Å². The molecule has 0 aliphatic heterocycles. The number of hydrogen-bond donors (Lipinski definition) is 0. The summed E-state index contributed by atoms with van der Waals surface area (Å²) in [5.74, 6) is 0.534. The smallest absolute Gasteiger partial charge is 0.235 e. The van der Waals surface area contributed by atoms with Gasteiger partial charge in [-0.1, -0.05) is 84.9 Å². The molecule has 0 saturated carbocycles. The van der Waals surface area contributed by atoms with Gasteiger partial charge < -0.3 is 4.57 Å². The van der Waals surface area contributed by atoms with Crippen LogP contribution in [0.2, 0.25) is 0 Å². The van der Waals surface area contributed by atoms with E-state index in [1.807, 2.05) is 42.5 Å². The molecular formula is C42H24N6. The molecular weight excluding hydrogens is 589 g/mol. The van der Waals surface area contributed by atoms with Gasteiger partial charge >= 0.3 is 0 Å². The highest BCUT2D eigenvalue weighted by Gasteiger charge is 2.22. The maximum atomic E-state index is 9.44. The number of nitriles is 2. The Morgan fingerprint density at radius 3 is 1.60 bits per heavy atom. The molecule has 0 N–H and O–H groups in total. The second-order valence-electron chi connectivity index (χ2n) is 11.7. The molecule has 9 rings (SSSR count). The highest BCUT2D eigenvalue weighted by atomic mass is 15.2. The summed E-state index contributed by atoms with van der Waals surface area (Å²) in [5, 5.41) is 23.4. The van der Waals surface area contributed by atoms with Gasteiger partial charge in [0.25, 0.3) is 0 Å². The van der Waals surface area contributed by atoms with Gasteiger partial charge in [-0.2, -0.15) is 10.5 Å². The molecule has 9 aromatic rings. The van der Waals surface area contributed by atoms with Gasteiger partial charge in [-0.3, -0.25) is 4.57 Å². The second-order valence-corrected chi connectivity index (χ2v) is 11.7. The summed E-state index contributed by atoms with van der Waals surface area (Å²) in [5.41, 5.74) is 9.71. The number of rotatable bonds is 4. The van der Waals surface area contributed by atoms with Gasteiger partial charge in [-0.05, 0) is 60.7 Å². The Kier molecular flexibility index (Phi) is 6.15.